The van der Waals surface area contributed by atoms with Gasteiger partial charge in [0.25, 0.3) is 0 Å². The topological polar surface area (TPSA) is 52.6 Å². The van der Waals surface area contributed by atoms with E-state index in [0.717, 1.165) is 12.3 Å². The summed E-state index contributed by atoms with van der Waals surface area (Å²) in [6.45, 7) is 21.4. The average molecular weight is 529 g/mol. The summed E-state index contributed by atoms with van der Waals surface area (Å²) in [6, 6.07) is 0. The zero-order valence-electron chi connectivity index (χ0n) is 26.0. The number of carbonyl (C=O) groups is 2. The van der Waals surface area contributed by atoms with E-state index < -0.39 is 0 Å². The van der Waals surface area contributed by atoms with Crippen LogP contribution in [0, 0.1) is 62.6 Å². The normalized spacial score (nSPS) is 49.3. The molecule has 4 nitrogen and oxygen atoms in total. The molecule has 5 rings (SSSR count). The maximum Gasteiger partial charge on any atom is 0.302 e. The first-order valence-corrected chi connectivity index (χ1v) is 15.9. The van der Waals surface area contributed by atoms with Crippen LogP contribution in [0.15, 0.2) is 0 Å². The van der Waals surface area contributed by atoms with Gasteiger partial charge in [0.15, 0.2) is 0 Å². The molecular formula is C34H56O4. The van der Waals surface area contributed by atoms with Gasteiger partial charge in [-0.1, -0.05) is 48.5 Å². The molecule has 10 atom stereocenters. The molecule has 0 bridgehead atoms. The molecule has 4 heteroatoms. The van der Waals surface area contributed by atoms with E-state index in [4.69, 9.17) is 9.47 Å². The molecule has 0 radical (unpaired) electrons. The van der Waals surface area contributed by atoms with Gasteiger partial charge >= 0.3 is 11.9 Å². The smallest absolute Gasteiger partial charge is 0.302 e. The van der Waals surface area contributed by atoms with Crippen molar-refractivity contribution in [2.75, 3.05) is 6.61 Å². The van der Waals surface area contributed by atoms with Crippen LogP contribution in [0.2, 0.25) is 0 Å². The Morgan fingerprint density at radius 1 is 0.763 bits per heavy atom. The largest absolute Gasteiger partial charge is 0.465 e. The fourth-order valence-electron chi connectivity index (χ4n) is 12.4. The van der Waals surface area contributed by atoms with Crippen molar-refractivity contribution >= 4 is 11.9 Å². The van der Waals surface area contributed by atoms with Crippen LogP contribution in [0.25, 0.3) is 0 Å². The number of carbonyl (C=O) groups excluding carboxylic acids is 2. The summed E-state index contributed by atoms with van der Waals surface area (Å²) in [7, 11) is 0. The SMILES string of the molecule is CC(=O)OC[C@]12CC[C@@H](C(C)C)[C@@H]1[C@H]1CC[C@@H]3[C@@]4(C)CC[C@H](OC(C)=O)C(C)(C)[C@@H]4CC[C@@]3(C)[C@]1(C)CC2. The molecule has 5 aliphatic carbocycles. The molecule has 0 N–H and O–H groups in total. The Labute approximate surface area is 232 Å². The molecular weight excluding hydrogens is 472 g/mol. The highest BCUT2D eigenvalue weighted by atomic mass is 16.5. The molecule has 38 heavy (non-hydrogen) atoms. The van der Waals surface area contributed by atoms with Crippen molar-refractivity contribution in [2.24, 2.45) is 62.6 Å². The first kappa shape index (κ1) is 28.5. The standard InChI is InChI=1S/C34H56O4/c1-21(2)24-12-17-34(20-37-22(3)35)19-18-32(8)25(29(24)34)10-11-27-31(7)15-14-28(38-23(4)36)30(5,6)26(31)13-16-33(27,32)9/h21,24-29H,10-20H2,1-9H3/t24-,25+,26-,27+,28-,29+,31-,32+,33+,34+/m0/s1. The van der Waals surface area contributed by atoms with Crippen molar-refractivity contribution in [3.8, 4) is 0 Å². The third-order valence-corrected chi connectivity index (χ3v) is 14.3. The highest BCUT2D eigenvalue weighted by Gasteiger charge is 2.71. The van der Waals surface area contributed by atoms with Crippen molar-refractivity contribution < 1.29 is 19.1 Å². The van der Waals surface area contributed by atoms with Crippen molar-refractivity contribution in [2.45, 2.75) is 133 Å². The van der Waals surface area contributed by atoms with E-state index in [2.05, 4.69) is 48.5 Å². The molecule has 0 spiro atoms. The van der Waals surface area contributed by atoms with Gasteiger partial charge in [-0.05, 0) is 116 Å². The van der Waals surface area contributed by atoms with Gasteiger partial charge < -0.3 is 9.47 Å². The van der Waals surface area contributed by atoms with Gasteiger partial charge in [-0.3, -0.25) is 9.59 Å². The van der Waals surface area contributed by atoms with E-state index in [1.807, 2.05) is 0 Å². The van der Waals surface area contributed by atoms with Gasteiger partial charge in [-0.2, -0.15) is 0 Å². The van der Waals surface area contributed by atoms with Crippen LogP contribution < -0.4 is 0 Å². The Balaban J connectivity index is 1.49. The molecule has 0 amide bonds. The maximum atomic E-state index is 11.9. The summed E-state index contributed by atoms with van der Waals surface area (Å²) in [5, 5.41) is 0. The van der Waals surface area contributed by atoms with Gasteiger partial charge in [0.2, 0.25) is 0 Å². The van der Waals surface area contributed by atoms with Gasteiger partial charge in [-0.25, -0.2) is 0 Å². The predicted octanol–water partition coefficient (Wildman–Crippen LogP) is 8.22. The van der Waals surface area contributed by atoms with E-state index in [9.17, 15) is 9.59 Å². The third-order valence-electron chi connectivity index (χ3n) is 14.3. The zero-order valence-corrected chi connectivity index (χ0v) is 26.0. The Bertz CT molecular complexity index is 954. The van der Waals surface area contributed by atoms with Crippen molar-refractivity contribution in [3.63, 3.8) is 0 Å². The average Bonchev–Trinajstić information content (AvgIpc) is 3.20. The van der Waals surface area contributed by atoms with Crippen molar-refractivity contribution in [3.05, 3.63) is 0 Å². The first-order valence-electron chi connectivity index (χ1n) is 15.9. The molecule has 0 aromatic carbocycles. The number of ether oxygens (including phenoxy) is 2. The quantitative estimate of drug-likeness (QED) is 0.345. The third kappa shape index (κ3) is 3.87. The number of hydrogen-bond acceptors (Lipinski definition) is 4. The van der Waals surface area contributed by atoms with Gasteiger partial charge in [0.05, 0.1) is 6.61 Å². The van der Waals surface area contributed by atoms with Crippen LogP contribution in [-0.4, -0.2) is 24.6 Å². The van der Waals surface area contributed by atoms with Crippen LogP contribution in [0.4, 0.5) is 0 Å². The van der Waals surface area contributed by atoms with E-state index in [0.29, 0.717) is 52.4 Å². The van der Waals surface area contributed by atoms with Crippen molar-refractivity contribution in [1.29, 1.82) is 0 Å². The fraction of sp³-hybridized carbons (Fsp3) is 0.941. The summed E-state index contributed by atoms with van der Waals surface area (Å²) in [5.41, 5.74) is 1.13. The van der Waals surface area contributed by atoms with Crippen LogP contribution in [0.3, 0.4) is 0 Å². The molecule has 0 unspecified atom stereocenters. The Morgan fingerprint density at radius 2 is 1.47 bits per heavy atom. The molecule has 0 aliphatic heterocycles. The molecule has 5 fully saturated rings. The summed E-state index contributed by atoms with van der Waals surface area (Å²) in [4.78, 5) is 23.9. The molecule has 216 valence electrons. The number of esters is 2. The molecule has 5 saturated carbocycles. The Kier molecular flexibility index (Phi) is 6.92. The monoisotopic (exact) mass is 528 g/mol. The second kappa shape index (κ2) is 9.23. The lowest BCUT2D eigenvalue weighted by atomic mass is 9.32. The highest BCUT2D eigenvalue weighted by molar-refractivity contribution is 5.66. The lowest BCUT2D eigenvalue weighted by Gasteiger charge is -2.73. The highest BCUT2D eigenvalue weighted by Crippen LogP contribution is 2.77. The Morgan fingerprint density at radius 3 is 2.11 bits per heavy atom. The minimum atomic E-state index is -0.129. The minimum Gasteiger partial charge on any atom is -0.465 e. The lowest BCUT2D eigenvalue weighted by Crippen LogP contribution is -2.67. The van der Waals surface area contributed by atoms with Crippen LogP contribution >= 0.6 is 0 Å². The molecule has 0 heterocycles. The summed E-state index contributed by atoms with van der Waals surface area (Å²) in [5.74, 6) is 3.86. The molecule has 0 saturated heterocycles. The molecule has 0 aromatic rings. The van der Waals surface area contributed by atoms with Crippen molar-refractivity contribution in [1.82, 2.24) is 0 Å². The zero-order chi connectivity index (χ0) is 27.9. The Hall–Kier alpha value is -1.06. The van der Waals surface area contributed by atoms with E-state index in [1.165, 1.54) is 57.8 Å². The van der Waals surface area contributed by atoms with E-state index in [1.54, 1.807) is 13.8 Å². The summed E-state index contributed by atoms with van der Waals surface area (Å²) >= 11 is 0. The summed E-state index contributed by atoms with van der Waals surface area (Å²) in [6.07, 6.45) is 12.4. The van der Waals surface area contributed by atoms with Crippen LogP contribution in [-0.2, 0) is 19.1 Å². The summed E-state index contributed by atoms with van der Waals surface area (Å²) < 4.78 is 11.8. The lowest BCUT2D eigenvalue weighted by molar-refractivity contribution is -0.253. The first-order chi connectivity index (χ1) is 17.6. The number of rotatable bonds is 4. The number of fused-ring (bicyclic) bond motifs is 7. The van der Waals surface area contributed by atoms with Crippen LogP contribution in [0.5, 0.6) is 0 Å². The van der Waals surface area contributed by atoms with Gasteiger partial charge in [0, 0.05) is 24.7 Å². The van der Waals surface area contributed by atoms with Gasteiger partial charge in [0.1, 0.15) is 6.10 Å². The van der Waals surface area contributed by atoms with E-state index in [-0.39, 0.29) is 28.9 Å². The molecule has 0 aromatic heterocycles. The predicted molar refractivity (Wildman–Crippen MR) is 151 cm³/mol. The van der Waals surface area contributed by atoms with Crippen LogP contribution in [0.1, 0.15) is 127 Å². The van der Waals surface area contributed by atoms with Gasteiger partial charge in [-0.15, -0.1) is 0 Å². The minimum absolute atomic E-state index is 0.0116. The molecule has 5 aliphatic rings. The number of hydrogen-bond donors (Lipinski definition) is 0. The second-order valence-corrected chi connectivity index (χ2v) is 16.2. The fourth-order valence-corrected chi connectivity index (χ4v) is 12.4. The van der Waals surface area contributed by atoms with E-state index >= 15 is 0 Å². The maximum absolute atomic E-state index is 11.9. The second-order valence-electron chi connectivity index (χ2n) is 16.2.